The molecular formula is C15H17N3O6S. The molecule has 0 spiro atoms. The zero-order valence-electron chi connectivity index (χ0n) is 13.7. The molecule has 0 amide bonds. The third-order valence-electron chi connectivity index (χ3n) is 3.78. The molecule has 0 unspecified atom stereocenters. The van der Waals surface area contributed by atoms with Crippen molar-refractivity contribution in [2.75, 3.05) is 13.2 Å². The molecule has 1 N–H and O–H groups in total. The highest BCUT2D eigenvalue weighted by Gasteiger charge is 2.21. The van der Waals surface area contributed by atoms with E-state index < -0.39 is 26.2 Å². The molecule has 2 heterocycles. The Hall–Kier alpha value is -2.59. The maximum atomic E-state index is 12.4. The van der Waals surface area contributed by atoms with Crippen LogP contribution in [-0.4, -0.2) is 30.8 Å². The molecule has 1 aliphatic heterocycles. The van der Waals surface area contributed by atoms with Gasteiger partial charge in [0.2, 0.25) is 10.0 Å². The lowest BCUT2D eigenvalue weighted by atomic mass is 10.2. The van der Waals surface area contributed by atoms with E-state index in [0.717, 1.165) is 15.3 Å². The highest BCUT2D eigenvalue weighted by molar-refractivity contribution is 7.89. The van der Waals surface area contributed by atoms with Gasteiger partial charge in [0.05, 0.1) is 0 Å². The van der Waals surface area contributed by atoms with Gasteiger partial charge in [-0.1, -0.05) is 6.07 Å². The van der Waals surface area contributed by atoms with E-state index in [2.05, 4.69) is 4.72 Å². The van der Waals surface area contributed by atoms with Crippen LogP contribution in [0, 0.1) is 0 Å². The minimum atomic E-state index is -4.09. The zero-order valence-corrected chi connectivity index (χ0v) is 14.5. The van der Waals surface area contributed by atoms with E-state index in [0.29, 0.717) is 30.3 Å². The van der Waals surface area contributed by atoms with Crippen molar-refractivity contribution in [2.24, 2.45) is 14.1 Å². The summed E-state index contributed by atoms with van der Waals surface area (Å²) in [6.45, 7) is 0.857. The summed E-state index contributed by atoms with van der Waals surface area (Å²) in [5, 5.41) is 0. The predicted molar refractivity (Wildman–Crippen MR) is 88.4 cm³/mol. The molecule has 0 bridgehead atoms. The normalized spacial score (nSPS) is 13.7. The van der Waals surface area contributed by atoms with Crippen molar-refractivity contribution in [3.05, 3.63) is 50.8 Å². The topological polar surface area (TPSA) is 109 Å². The third-order valence-corrected chi connectivity index (χ3v) is 5.16. The van der Waals surface area contributed by atoms with Gasteiger partial charge >= 0.3 is 5.69 Å². The number of rotatable bonds is 4. The Balaban J connectivity index is 1.86. The zero-order chi connectivity index (χ0) is 18.2. The second kappa shape index (κ2) is 6.37. The monoisotopic (exact) mass is 367 g/mol. The number of ether oxygens (including phenoxy) is 2. The van der Waals surface area contributed by atoms with Gasteiger partial charge < -0.3 is 14.0 Å². The summed E-state index contributed by atoms with van der Waals surface area (Å²) in [5.41, 5.74) is -0.831. The second-order valence-corrected chi connectivity index (χ2v) is 7.29. The highest BCUT2D eigenvalue weighted by atomic mass is 32.2. The number of hydrogen-bond donors (Lipinski definition) is 1. The number of fused-ring (bicyclic) bond motifs is 1. The summed E-state index contributed by atoms with van der Waals surface area (Å²) in [7, 11) is -1.48. The van der Waals surface area contributed by atoms with Crippen LogP contribution in [0.5, 0.6) is 11.5 Å². The Labute approximate surface area is 143 Å². The minimum absolute atomic E-state index is 0.0367. The van der Waals surface area contributed by atoms with Crippen LogP contribution >= 0.6 is 0 Å². The SMILES string of the molecule is Cn1cc(S(=O)(=O)NCc2ccc3c(c2)OCCO3)c(=O)n(C)c1=O. The van der Waals surface area contributed by atoms with Gasteiger partial charge in [-0.25, -0.2) is 17.9 Å². The first-order chi connectivity index (χ1) is 11.8. The molecule has 2 aromatic rings. The van der Waals surface area contributed by atoms with Crippen LogP contribution in [0.25, 0.3) is 0 Å². The van der Waals surface area contributed by atoms with Gasteiger partial charge in [-0.15, -0.1) is 0 Å². The average Bonchev–Trinajstić information content (AvgIpc) is 2.61. The Bertz CT molecular complexity index is 1040. The van der Waals surface area contributed by atoms with Crippen molar-refractivity contribution in [3.8, 4) is 11.5 Å². The van der Waals surface area contributed by atoms with Crippen molar-refractivity contribution in [3.63, 3.8) is 0 Å². The smallest absolute Gasteiger partial charge is 0.330 e. The van der Waals surface area contributed by atoms with Crippen LogP contribution in [0.1, 0.15) is 5.56 Å². The third kappa shape index (κ3) is 3.30. The number of benzene rings is 1. The Morgan fingerprint density at radius 1 is 1.12 bits per heavy atom. The quantitative estimate of drug-likeness (QED) is 0.768. The highest BCUT2D eigenvalue weighted by Crippen LogP contribution is 2.30. The van der Waals surface area contributed by atoms with Crippen LogP contribution in [-0.2, 0) is 30.7 Å². The lowest BCUT2D eigenvalue weighted by molar-refractivity contribution is 0.171. The summed E-state index contributed by atoms with van der Waals surface area (Å²) in [6, 6.07) is 5.08. The molecule has 0 saturated heterocycles. The number of nitrogens with zero attached hydrogens (tertiary/aromatic N) is 2. The number of aryl methyl sites for hydroxylation is 1. The summed E-state index contributed by atoms with van der Waals surface area (Å²) in [6.07, 6.45) is 1.01. The Morgan fingerprint density at radius 2 is 1.80 bits per heavy atom. The summed E-state index contributed by atoms with van der Waals surface area (Å²) < 4.78 is 39.9. The fraction of sp³-hybridized carbons (Fsp3) is 0.333. The van der Waals surface area contributed by atoms with Crippen molar-refractivity contribution in [1.82, 2.24) is 13.9 Å². The van der Waals surface area contributed by atoms with Gasteiger partial charge in [0.1, 0.15) is 13.2 Å². The molecule has 3 rings (SSSR count). The second-order valence-electron chi connectivity index (χ2n) is 5.55. The molecule has 1 aliphatic rings. The van der Waals surface area contributed by atoms with Crippen LogP contribution in [0.2, 0.25) is 0 Å². The largest absolute Gasteiger partial charge is 0.486 e. The standard InChI is InChI=1S/C15H17N3O6S/c1-17-9-13(14(19)18(2)15(17)20)25(21,22)16-8-10-3-4-11-12(7-10)24-6-5-23-11/h3-4,7,9,16H,5-6,8H2,1-2H3. The van der Waals surface area contributed by atoms with E-state index in [-0.39, 0.29) is 6.54 Å². The molecular weight excluding hydrogens is 350 g/mol. The van der Waals surface area contributed by atoms with Crippen molar-refractivity contribution in [1.29, 1.82) is 0 Å². The first-order valence-corrected chi connectivity index (χ1v) is 8.93. The van der Waals surface area contributed by atoms with E-state index in [9.17, 15) is 18.0 Å². The molecule has 0 atom stereocenters. The van der Waals surface area contributed by atoms with Gasteiger partial charge in [-0.2, -0.15) is 0 Å². The maximum Gasteiger partial charge on any atom is 0.330 e. The van der Waals surface area contributed by atoms with Gasteiger partial charge in [0.25, 0.3) is 5.56 Å². The molecule has 0 saturated carbocycles. The molecule has 9 nitrogen and oxygen atoms in total. The molecule has 10 heteroatoms. The Morgan fingerprint density at radius 3 is 2.52 bits per heavy atom. The first kappa shape index (κ1) is 17.2. The molecule has 0 aliphatic carbocycles. The molecule has 1 aromatic carbocycles. The molecule has 0 fully saturated rings. The van der Waals surface area contributed by atoms with E-state index in [4.69, 9.17) is 9.47 Å². The predicted octanol–water partition coefficient (Wildman–Crippen LogP) is -0.666. The van der Waals surface area contributed by atoms with E-state index in [1.807, 2.05) is 0 Å². The van der Waals surface area contributed by atoms with E-state index in [1.165, 1.54) is 14.1 Å². The minimum Gasteiger partial charge on any atom is -0.486 e. The Kier molecular flexibility index (Phi) is 4.39. The molecule has 1 aromatic heterocycles. The molecule has 0 radical (unpaired) electrons. The summed E-state index contributed by atoms with van der Waals surface area (Å²) in [5.74, 6) is 1.14. The molecule has 25 heavy (non-hydrogen) atoms. The number of aromatic nitrogens is 2. The van der Waals surface area contributed by atoms with E-state index >= 15 is 0 Å². The lowest BCUT2D eigenvalue weighted by Crippen LogP contribution is -2.41. The van der Waals surface area contributed by atoms with Crippen LogP contribution in [0.15, 0.2) is 38.9 Å². The van der Waals surface area contributed by atoms with Gasteiger partial charge in [-0.05, 0) is 17.7 Å². The lowest BCUT2D eigenvalue weighted by Gasteiger charge is -2.19. The van der Waals surface area contributed by atoms with Crippen LogP contribution in [0.4, 0.5) is 0 Å². The first-order valence-electron chi connectivity index (χ1n) is 7.44. The average molecular weight is 367 g/mol. The van der Waals surface area contributed by atoms with E-state index in [1.54, 1.807) is 18.2 Å². The van der Waals surface area contributed by atoms with Crippen LogP contribution < -0.4 is 25.4 Å². The number of hydrogen-bond acceptors (Lipinski definition) is 6. The van der Waals surface area contributed by atoms with Gasteiger partial charge in [0.15, 0.2) is 16.4 Å². The van der Waals surface area contributed by atoms with Crippen molar-refractivity contribution >= 4 is 10.0 Å². The fourth-order valence-electron chi connectivity index (χ4n) is 2.41. The fourth-order valence-corrected chi connectivity index (χ4v) is 3.59. The molecule has 134 valence electrons. The van der Waals surface area contributed by atoms with Crippen molar-refractivity contribution < 1.29 is 17.9 Å². The van der Waals surface area contributed by atoms with Crippen molar-refractivity contribution in [2.45, 2.75) is 11.4 Å². The number of nitrogens with one attached hydrogen (secondary N) is 1. The summed E-state index contributed by atoms with van der Waals surface area (Å²) in [4.78, 5) is 23.3. The van der Waals surface area contributed by atoms with Gasteiger partial charge in [0, 0.05) is 26.8 Å². The maximum absolute atomic E-state index is 12.4. The van der Waals surface area contributed by atoms with Gasteiger partial charge in [-0.3, -0.25) is 9.36 Å². The number of sulfonamides is 1. The summed E-state index contributed by atoms with van der Waals surface area (Å²) >= 11 is 0. The van der Waals surface area contributed by atoms with Crippen LogP contribution in [0.3, 0.4) is 0 Å².